The molecule has 19 heavy (non-hydrogen) atoms. The molecule has 102 valence electrons. The van der Waals surface area contributed by atoms with E-state index < -0.39 is 11.8 Å². The van der Waals surface area contributed by atoms with Gasteiger partial charge in [-0.15, -0.1) is 0 Å². The molecule has 0 saturated carbocycles. The van der Waals surface area contributed by atoms with E-state index in [-0.39, 0.29) is 5.75 Å². The van der Waals surface area contributed by atoms with Gasteiger partial charge in [0.2, 0.25) is 0 Å². The zero-order chi connectivity index (χ0) is 14.4. The summed E-state index contributed by atoms with van der Waals surface area (Å²) in [6.45, 7) is 0. The van der Waals surface area contributed by atoms with Gasteiger partial charge in [-0.25, -0.2) is 11.3 Å². The molecule has 5 N–H and O–H groups in total. The van der Waals surface area contributed by atoms with Crippen molar-refractivity contribution in [3.8, 4) is 11.5 Å². The van der Waals surface area contributed by atoms with Crippen LogP contribution in [0.1, 0.15) is 5.56 Å². The van der Waals surface area contributed by atoms with Gasteiger partial charge in [0.15, 0.2) is 11.5 Å². The fourth-order valence-electron chi connectivity index (χ4n) is 1.16. The summed E-state index contributed by atoms with van der Waals surface area (Å²) in [5.74, 6) is 3.06. The normalized spacial score (nSPS) is 10.3. The van der Waals surface area contributed by atoms with Gasteiger partial charge in [0.1, 0.15) is 0 Å². The largest absolute Gasteiger partial charge is 0.504 e. The van der Waals surface area contributed by atoms with Crippen molar-refractivity contribution in [3.63, 3.8) is 0 Å². The molecule has 0 bridgehead atoms. The van der Waals surface area contributed by atoms with E-state index in [1.807, 2.05) is 28.0 Å². The maximum absolute atomic E-state index is 11.0. The van der Waals surface area contributed by atoms with E-state index in [0.717, 1.165) is 0 Å². The lowest BCUT2D eigenvalue weighted by molar-refractivity contribution is -0.139. The Morgan fingerprint density at radius 1 is 1.47 bits per heavy atom. The van der Waals surface area contributed by atoms with Crippen molar-refractivity contribution in [2.75, 3.05) is 7.11 Å². The summed E-state index contributed by atoms with van der Waals surface area (Å²) in [5.41, 5.74) is 4.16. The third-order valence-corrected chi connectivity index (χ3v) is 2.77. The molecule has 0 fully saturated rings. The van der Waals surface area contributed by atoms with E-state index in [0.29, 0.717) is 14.9 Å². The summed E-state index contributed by atoms with van der Waals surface area (Å²) in [6, 6.07) is 3.08. The minimum Gasteiger partial charge on any atom is -0.504 e. The number of carbonyl (C=O) groups excluding carboxylic acids is 2. The number of hydrogen-bond acceptors (Lipinski definition) is 6. The quantitative estimate of drug-likeness (QED) is 0.140. The molecule has 1 rings (SSSR count). The van der Waals surface area contributed by atoms with Crippen molar-refractivity contribution in [1.82, 2.24) is 10.9 Å². The second-order valence-electron chi connectivity index (χ2n) is 3.23. The number of halogens is 1. The van der Waals surface area contributed by atoms with Crippen LogP contribution in [-0.4, -0.2) is 30.2 Å². The highest BCUT2D eigenvalue weighted by molar-refractivity contribution is 14.1. The molecular formula is C10H11IN4O4. The fraction of sp³-hybridized carbons (Fsp3) is 0.100. The van der Waals surface area contributed by atoms with Gasteiger partial charge < -0.3 is 9.84 Å². The van der Waals surface area contributed by atoms with Crippen LogP contribution in [0, 0.1) is 3.57 Å². The van der Waals surface area contributed by atoms with Gasteiger partial charge in [-0.2, -0.15) is 5.10 Å². The lowest BCUT2D eigenvalue weighted by Crippen LogP contribution is -2.41. The van der Waals surface area contributed by atoms with Crippen LogP contribution in [0.5, 0.6) is 11.5 Å². The molecular weight excluding hydrogens is 367 g/mol. The summed E-state index contributed by atoms with van der Waals surface area (Å²) in [6.07, 6.45) is 1.27. The Morgan fingerprint density at radius 3 is 2.68 bits per heavy atom. The van der Waals surface area contributed by atoms with Gasteiger partial charge in [-0.05, 0) is 40.3 Å². The molecule has 1 aromatic rings. The Kier molecular flexibility index (Phi) is 5.51. The number of rotatable bonds is 3. The fourth-order valence-corrected chi connectivity index (χ4v) is 2.01. The number of hydrazone groups is 1. The van der Waals surface area contributed by atoms with Gasteiger partial charge in [0, 0.05) is 0 Å². The highest BCUT2D eigenvalue weighted by Gasteiger charge is 2.10. The average Bonchev–Trinajstić information content (AvgIpc) is 2.37. The molecule has 0 aromatic heterocycles. The van der Waals surface area contributed by atoms with E-state index in [1.165, 1.54) is 19.4 Å². The number of benzene rings is 1. The number of nitrogens with two attached hydrogens (primary N) is 1. The maximum atomic E-state index is 11.0. The van der Waals surface area contributed by atoms with Crippen LogP contribution >= 0.6 is 22.6 Å². The Hall–Kier alpha value is -1.88. The molecule has 0 aliphatic carbocycles. The first-order chi connectivity index (χ1) is 8.99. The van der Waals surface area contributed by atoms with Crippen molar-refractivity contribution in [2.45, 2.75) is 0 Å². The summed E-state index contributed by atoms with van der Waals surface area (Å²) in [4.78, 5) is 21.8. The van der Waals surface area contributed by atoms with Gasteiger partial charge in [0.25, 0.3) is 0 Å². The number of phenols is 1. The molecule has 0 radical (unpaired) electrons. The van der Waals surface area contributed by atoms with Crippen LogP contribution in [0.2, 0.25) is 0 Å². The standard InChI is InChI=1S/C10H11IN4O4/c1-19-8-6(11)2-5(3-7(8)16)4-13-15-10(18)9(17)14-12/h2-4,16H,12H2,1H3,(H,14,17)(H,15,18)/b13-4+. The van der Waals surface area contributed by atoms with Gasteiger partial charge in [0.05, 0.1) is 16.9 Å². The number of amides is 2. The highest BCUT2D eigenvalue weighted by Crippen LogP contribution is 2.31. The Labute approximate surface area is 122 Å². The Balaban J connectivity index is 2.78. The molecule has 0 aliphatic heterocycles. The van der Waals surface area contributed by atoms with E-state index in [1.54, 1.807) is 11.5 Å². The van der Waals surface area contributed by atoms with Crippen molar-refractivity contribution >= 4 is 40.6 Å². The number of methoxy groups -OCH3 is 1. The Morgan fingerprint density at radius 2 is 2.16 bits per heavy atom. The van der Waals surface area contributed by atoms with Crippen molar-refractivity contribution in [3.05, 3.63) is 21.3 Å². The lowest BCUT2D eigenvalue weighted by Gasteiger charge is -2.06. The molecule has 8 nitrogen and oxygen atoms in total. The van der Waals surface area contributed by atoms with Crippen LogP contribution in [0.3, 0.4) is 0 Å². The first-order valence-corrected chi connectivity index (χ1v) is 5.98. The second kappa shape index (κ2) is 6.89. The van der Waals surface area contributed by atoms with Crippen LogP contribution in [-0.2, 0) is 9.59 Å². The first-order valence-electron chi connectivity index (χ1n) is 4.90. The number of phenolic OH excluding ortho intramolecular Hbond substituents is 1. The molecule has 0 unspecified atom stereocenters. The number of nitrogens with zero attached hydrogens (tertiary/aromatic N) is 1. The number of carbonyl (C=O) groups is 2. The second-order valence-corrected chi connectivity index (χ2v) is 4.39. The molecule has 1 aromatic carbocycles. The average molecular weight is 378 g/mol. The van der Waals surface area contributed by atoms with E-state index >= 15 is 0 Å². The summed E-state index contributed by atoms with van der Waals surface area (Å²) >= 11 is 1.98. The van der Waals surface area contributed by atoms with E-state index in [2.05, 4.69) is 5.10 Å². The van der Waals surface area contributed by atoms with Gasteiger partial charge in [-0.3, -0.25) is 15.0 Å². The Bertz CT molecular complexity index is 509. The molecule has 0 saturated heterocycles. The van der Waals surface area contributed by atoms with Gasteiger partial charge in [-0.1, -0.05) is 0 Å². The molecule has 0 spiro atoms. The predicted octanol–water partition coefficient (Wildman–Crippen LogP) is -0.555. The van der Waals surface area contributed by atoms with Crippen LogP contribution in [0.25, 0.3) is 0 Å². The van der Waals surface area contributed by atoms with Crippen LogP contribution in [0.15, 0.2) is 17.2 Å². The lowest BCUT2D eigenvalue weighted by atomic mass is 10.2. The van der Waals surface area contributed by atoms with Crippen molar-refractivity contribution in [1.29, 1.82) is 0 Å². The number of nitrogens with one attached hydrogen (secondary N) is 2. The van der Waals surface area contributed by atoms with Crippen molar-refractivity contribution < 1.29 is 19.4 Å². The first kappa shape index (κ1) is 15.2. The molecule has 0 heterocycles. The minimum atomic E-state index is -1.01. The molecule has 9 heteroatoms. The van der Waals surface area contributed by atoms with E-state index in [4.69, 9.17) is 10.6 Å². The van der Waals surface area contributed by atoms with Gasteiger partial charge >= 0.3 is 11.8 Å². The monoisotopic (exact) mass is 378 g/mol. The zero-order valence-electron chi connectivity index (χ0n) is 9.81. The molecule has 0 atom stereocenters. The van der Waals surface area contributed by atoms with Crippen LogP contribution < -0.4 is 21.4 Å². The third kappa shape index (κ3) is 4.06. The summed E-state index contributed by atoms with van der Waals surface area (Å²) in [5, 5.41) is 13.2. The number of hydrazine groups is 1. The van der Waals surface area contributed by atoms with E-state index in [9.17, 15) is 14.7 Å². The third-order valence-electron chi connectivity index (χ3n) is 1.97. The number of hydrogen-bond donors (Lipinski definition) is 4. The SMILES string of the molecule is COc1c(O)cc(/C=N/NC(=O)C(=O)NN)cc1I. The molecule has 2 amide bonds. The van der Waals surface area contributed by atoms with Crippen molar-refractivity contribution in [2.24, 2.45) is 10.9 Å². The molecule has 0 aliphatic rings. The highest BCUT2D eigenvalue weighted by atomic mass is 127. The maximum Gasteiger partial charge on any atom is 0.330 e. The summed E-state index contributed by atoms with van der Waals surface area (Å²) in [7, 11) is 1.44. The topological polar surface area (TPSA) is 126 Å². The predicted molar refractivity (Wildman–Crippen MR) is 75.4 cm³/mol. The smallest absolute Gasteiger partial charge is 0.330 e. The number of aromatic hydroxyl groups is 1. The minimum absolute atomic E-state index is 0.0538. The summed E-state index contributed by atoms with van der Waals surface area (Å²) < 4.78 is 5.65. The zero-order valence-corrected chi connectivity index (χ0v) is 12.0. The van der Waals surface area contributed by atoms with Crippen LogP contribution in [0.4, 0.5) is 0 Å². The number of ether oxygens (including phenoxy) is 1.